The van der Waals surface area contributed by atoms with Gasteiger partial charge in [-0.3, -0.25) is 4.79 Å². The number of benzene rings is 1. The Morgan fingerprint density at radius 3 is 2.71 bits per heavy atom. The first-order valence-electron chi connectivity index (χ1n) is 5.96. The van der Waals surface area contributed by atoms with Crippen molar-refractivity contribution < 1.29 is 4.79 Å². The fourth-order valence-corrected chi connectivity index (χ4v) is 3.13. The van der Waals surface area contributed by atoms with Crippen molar-refractivity contribution in [2.24, 2.45) is 0 Å². The van der Waals surface area contributed by atoms with Gasteiger partial charge in [-0.25, -0.2) is 0 Å². The van der Waals surface area contributed by atoms with Crippen LogP contribution in [0.15, 0.2) is 29.6 Å². The number of rotatable bonds is 2. The van der Waals surface area contributed by atoms with E-state index in [-0.39, 0.29) is 5.78 Å². The van der Waals surface area contributed by atoms with Crippen molar-refractivity contribution >= 4 is 17.1 Å². The third-order valence-electron chi connectivity index (χ3n) is 3.35. The zero-order valence-electron chi connectivity index (χ0n) is 9.82. The van der Waals surface area contributed by atoms with Crippen LogP contribution in [0.2, 0.25) is 0 Å². The van der Waals surface area contributed by atoms with Crippen LogP contribution in [0.25, 0.3) is 0 Å². The van der Waals surface area contributed by atoms with Gasteiger partial charge in [0.15, 0.2) is 5.78 Å². The normalized spacial score (nSPS) is 13.7. The van der Waals surface area contributed by atoms with Gasteiger partial charge < -0.3 is 0 Å². The van der Waals surface area contributed by atoms with Crippen molar-refractivity contribution in [1.82, 2.24) is 0 Å². The standard InChI is InChI=1S/C15H14OS/c1-10-7-14(9-17-10)15(16)13-6-5-11-3-2-4-12(11)8-13/h5-9H,2-4H2,1H3. The second-order valence-corrected chi connectivity index (χ2v) is 5.73. The molecule has 0 spiro atoms. The Bertz CT molecular complexity index is 580. The first-order chi connectivity index (χ1) is 8.24. The van der Waals surface area contributed by atoms with E-state index >= 15 is 0 Å². The van der Waals surface area contributed by atoms with Gasteiger partial charge in [0.2, 0.25) is 0 Å². The largest absolute Gasteiger partial charge is 0.289 e. The average Bonchev–Trinajstić information content (AvgIpc) is 2.95. The van der Waals surface area contributed by atoms with Crippen LogP contribution in [-0.2, 0) is 12.8 Å². The monoisotopic (exact) mass is 242 g/mol. The Balaban J connectivity index is 1.97. The van der Waals surface area contributed by atoms with E-state index in [1.54, 1.807) is 11.3 Å². The second-order valence-electron chi connectivity index (χ2n) is 4.61. The minimum Gasteiger partial charge on any atom is -0.289 e. The van der Waals surface area contributed by atoms with Gasteiger partial charge >= 0.3 is 0 Å². The van der Waals surface area contributed by atoms with Gasteiger partial charge in [0.05, 0.1) is 0 Å². The van der Waals surface area contributed by atoms with Crippen LogP contribution in [-0.4, -0.2) is 5.78 Å². The minimum atomic E-state index is 0.157. The van der Waals surface area contributed by atoms with Crippen molar-refractivity contribution in [2.75, 3.05) is 0 Å². The van der Waals surface area contributed by atoms with E-state index in [0.717, 1.165) is 17.5 Å². The van der Waals surface area contributed by atoms with Crippen molar-refractivity contribution in [1.29, 1.82) is 0 Å². The van der Waals surface area contributed by atoms with E-state index in [0.29, 0.717) is 0 Å². The molecule has 1 heterocycles. The molecule has 0 amide bonds. The first kappa shape index (κ1) is 10.7. The van der Waals surface area contributed by atoms with Crippen molar-refractivity contribution in [3.63, 3.8) is 0 Å². The number of fused-ring (bicyclic) bond motifs is 1. The maximum absolute atomic E-state index is 12.3. The average molecular weight is 242 g/mol. The molecule has 1 aromatic carbocycles. The molecule has 2 heteroatoms. The molecule has 3 rings (SSSR count). The highest BCUT2D eigenvalue weighted by Gasteiger charge is 2.15. The number of ketones is 1. The van der Waals surface area contributed by atoms with Crippen LogP contribution in [0.1, 0.15) is 38.3 Å². The topological polar surface area (TPSA) is 17.1 Å². The molecule has 86 valence electrons. The number of aryl methyl sites for hydroxylation is 3. The molecule has 0 bridgehead atoms. The van der Waals surface area contributed by atoms with Crippen molar-refractivity contribution in [2.45, 2.75) is 26.2 Å². The van der Waals surface area contributed by atoms with E-state index in [1.165, 1.54) is 28.8 Å². The summed E-state index contributed by atoms with van der Waals surface area (Å²) in [5.41, 5.74) is 4.44. The molecule has 0 unspecified atom stereocenters. The van der Waals surface area contributed by atoms with Gasteiger partial charge in [-0.2, -0.15) is 0 Å². The van der Waals surface area contributed by atoms with Crippen LogP contribution < -0.4 is 0 Å². The van der Waals surface area contributed by atoms with Crippen LogP contribution in [0.5, 0.6) is 0 Å². The highest BCUT2D eigenvalue weighted by Crippen LogP contribution is 2.24. The molecule has 0 aliphatic heterocycles. The lowest BCUT2D eigenvalue weighted by Crippen LogP contribution is -2.00. The summed E-state index contributed by atoms with van der Waals surface area (Å²) in [5.74, 6) is 0.157. The van der Waals surface area contributed by atoms with Crippen LogP contribution in [0.3, 0.4) is 0 Å². The molecule has 1 nitrogen and oxygen atoms in total. The summed E-state index contributed by atoms with van der Waals surface area (Å²) in [4.78, 5) is 13.5. The maximum Gasteiger partial charge on any atom is 0.193 e. The van der Waals surface area contributed by atoms with Gasteiger partial charge in [-0.05, 0) is 49.4 Å². The Morgan fingerprint density at radius 2 is 1.94 bits per heavy atom. The van der Waals surface area contributed by atoms with Crippen LogP contribution in [0.4, 0.5) is 0 Å². The number of thiophene rings is 1. The van der Waals surface area contributed by atoms with Gasteiger partial charge in [0.1, 0.15) is 0 Å². The van der Waals surface area contributed by atoms with Crippen molar-refractivity contribution in [3.05, 3.63) is 56.8 Å². The van der Waals surface area contributed by atoms with Gasteiger partial charge in [-0.15, -0.1) is 11.3 Å². The molecule has 17 heavy (non-hydrogen) atoms. The van der Waals surface area contributed by atoms with Crippen LogP contribution >= 0.6 is 11.3 Å². The molecule has 0 fully saturated rings. The molecular weight excluding hydrogens is 228 g/mol. The van der Waals surface area contributed by atoms with E-state index in [2.05, 4.69) is 12.1 Å². The quantitative estimate of drug-likeness (QED) is 0.732. The second kappa shape index (κ2) is 4.11. The number of carbonyl (C=O) groups excluding carboxylic acids is 1. The summed E-state index contributed by atoms with van der Waals surface area (Å²) >= 11 is 1.63. The van der Waals surface area contributed by atoms with Crippen molar-refractivity contribution in [3.8, 4) is 0 Å². The molecular formula is C15H14OS. The lowest BCUT2D eigenvalue weighted by molar-refractivity contribution is 0.103. The minimum absolute atomic E-state index is 0.157. The fraction of sp³-hybridized carbons (Fsp3) is 0.267. The van der Waals surface area contributed by atoms with Gasteiger partial charge in [0, 0.05) is 21.4 Å². The predicted molar refractivity (Wildman–Crippen MR) is 71.0 cm³/mol. The molecule has 1 aliphatic rings. The van der Waals surface area contributed by atoms with Gasteiger partial charge in [-0.1, -0.05) is 12.1 Å². The van der Waals surface area contributed by atoms with E-state index in [4.69, 9.17) is 0 Å². The fourth-order valence-electron chi connectivity index (χ4n) is 2.44. The maximum atomic E-state index is 12.3. The van der Waals surface area contributed by atoms with Crippen LogP contribution in [0, 0.1) is 6.92 Å². The summed E-state index contributed by atoms with van der Waals surface area (Å²) in [6.45, 7) is 2.03. The SMILES string of the molecule is Cc1cc(C(=O)c2ccc3c(c2)CCC3)cs1. The highest BCUT2D eigenvalue weighted by atomic mass is 32.1. The third-order valence-corrected chi connectivity index (χ3v) is 4.21. The smallest absolute Gasteiger partial charge is 0.193 e. The third kappa shape index (κ3) is 1.93. The summed E-state index contributed by atoms with van der Waals surface area (Å²) < 4.78 is 0. The lowest BCUT2D eigenvalue weighted by atomic mass is 10.0. The number of carbonyl (C=O) groups is 1. The Hall–Kier alpha value is -1.41. The Kier molecular flexibility index (Phi) is 2.60. The zero-order chi connectivity index (χ0) is 11.8. The molecule has 0 saturated carbocycles. The molecule has 1 aromatic heterocycles. The summed E-state index contributed by atoms with van der Waals surface area (Å²) in [6, 6.07) is 8.15. The van der Waals surface area contributed by atoms with E-state index in [1.807, 2.05) is 24.4 Å². The summed E-state index contributed by atoms with van der Waals surface area (Å²) in [7, 11) is 0. The first-order valence-corrected chi connectivity index (χ1v) is 6.83. The highest BCUT2D eigenvalue weighted by molar-refractivity contribution is 7.10. The lowest BCUT2D eigenvalue weighted by Gasteiger charge is -2.03. The molecule has 0 saturated heterocycles. The summed E-state index contributed by atoms with van der Waals surface area (Å²) in [6.07, 6.45) is 3.52. The van der Waals surface area contributed by atoms with E-state index < -0.39 is 0 Å². The molecule has 0 N–H and O–H groups in total. The van der Waals surface area contributed by atoms with E-state index in [9.17, 15) is 4.79 Å². The van der Waals surface area contributed by atoms with Gasteiger partial charge in [0.25, 0.3) is 0 Å². The zero-order valence-corrected chi connectivity index (χ0v) is 10.6. The number of hydrogen-bond donors (Lipinski definition) is 0. The molecule has 0 atom stereocenters. The Morgan fingerprint density at radius 1 is 1.12 bits per heavy atom. The Labute approximate surface area is 105 Å². The molecule has 1 aliphatic carbocycles. The molecule has 0 radical (unpaired) electrons. The predicted octanol–water partition coefficient (Wildman–Crippen LogP) is 3.78. The number of hydrogen-bond acceptors (Lipinski definition) is 2. The molecule has 2 aromatic rings. The summed E-state index contributed by atoms with van der Waals surface area (Å²) in [5, 5.41) is 1.95.